The molecule has 1 aliphatic rings. The third-order valence-electron chi connectivity index (χ3n) is 3.32. The van der Waals surface area contributed by atoms with Gasteiger partial charge in [0.05, 0.1) is 11.1 Å². The summed E-state index contributed by atoms with van der Waals surface area (Å²) in [5, 5.41) is 3.41. The van der Waals surface area contributed by atoms with Gasteiger partial charge >= 0.3 is 0 Å². The minimum atomic E-state index is 0.641. The van der Waals surface area contributed by atoms with Crippen molar-refractivity contribution in [3.8, 4) is 5.75 Å². The Balaban J connectivity index is 1.68. The van der Waals surface area contributed by atoms with Crippen LogP contribution in [-0.2, 0) is 0 Å². The summed E-state index contributed by atoms with van der Waals surface area (Å²) in [6.45, 7) is 7.53. The molecule has 0 radical (unpaired) electrons. The molecule has 2 rings (SSSR count). The lowest BCUT2D eigenvalue weighted by atomic mass is 10.2. The van der Waals surface area contributed by atoms with Gasteiger partial charge in [-0.3, -0.25) is 4.90 Å². The van der Waals surface area contributed by atoms with E-state index in [0.29, 0.717) is 6.04 Å². The van der Waals surface area contributed by atoms with Gasteiger partial charge in [0.1, 0.15) is 5.75 Å². The average molecular weight is 313 g/mol. The van der Waals surface area contributed by atoms with Crippen LogP contribution in [0.3, 0.4) is 0 Å². The first-order chi connectivity index (χ1) is 8.77. The molecule has 3 nitrogen and oxygen atoms in total. The number of piperazine rings is 1. The highest BCUT2D eigenvalue weighted by Gasteiger charge is 2.16. The third-order valence-corrected chi connectivity index (χ3v) is 3.98. The van der Waals surface area contributed by atoms with E-state index in [2.05, 4.69) is 33.1 Å². The van der Waals surface area contributed by atoms with Crippen molar-refractivity contribution in [2.75, 3.05) is 32.8 Å². The number of nitrogens with zero attached hydrogens (tertiary/aromatic N) is 1. The van der Waals surface area contributed by atoms with Gasteiger partial charge in [-0.05, 0) is 41.4 Å². The van der Waals surface area contributed by atoms with Crippen LogP contribution in [0.5, 0.6) is 5.75 Å². The van der Waals surface area contributed by atoms with Crippen LogP contribution in [0, 0.1) is 0 Å². The Morgan fingerprint density at radius 3 is 3.06 bits per heavy atom. The van der Waals surface area contributed by atoms with Gasteiger partial charge in [0.15, 0.2) is 0 Å². The molecule has 1 aromatic carbocycles. The van der Waals surface area contributed by atoms with Crippen molar-refractivity contribution in [2.45, 2.75) is 19.4 Å². The predicted molar refractivity (Wildman–Crippen MR) is 78.2 cm³/mol. The number of ether oxygens (including phenoxy) is 1. The zero-order valence-corrected chi connectivity index (χ0v) is 12.4. The molecule has 0 amide bonds. The first-order valence-electron chi connectivity index (χ1n) is 6.59. The molecule has 0 bridgehead atoms. The van der Waals surface area contributed by atoms with Crippen LogP contribution in [0.1, 0.15) is 13.3 Å². The molecule has 1 fully saturated rings. The first kappa shape index (κ1) is 13.8. The molecule has 100 valence electrons. The van der Waals surface area contributed by atoms with Crippen molar-refractivity contribution < 1.29 is 4.74 Å². The van der Waals surface area contributed by atoms with Crippen LogP contribution in [0.4, 0.5) is 0 Å². The van der Waals surface area contributed by atoms with Crippen LogP contribution in [0.25, 0.3) is 0 Å². The predicted octanol–water partition coefficient (Wildman–Crippen LogP) is 2.51. The van der Waals surface area contributed by atoms with E-state index < -0.39 is 0 Å². The minimum Gasteiger partial charge on any atom is -0.492 e. The summed E-state index contributed by atoms with van der Waals surface area (Å²) < 4.78 is 6.80. The molecule has 1 saturated heterocycles. The second-order valence-electron chi connectivity index (χ2n) is 4.72. The summed E-state index contributed by atoms with van der Waals surface area (Å²) in [5.41, 5.74) is 0. The summed E-state index contributed by atoms with van der Waals surface area (Å²) in [4.78, 5) is 2.53. The number of hydrogen-bond donors (Lipinski definition) is 1. The van der Waals surface area contributed by atoms with Crippen molar-refractivity contribution in [1.82, 2.24) is 10.2 Å². The molecule has 1 N–H and O–H groups in total. The lowest BCUT2D eigenvalue weighted by molar-refractivity contribution is 0.160. The number of hydrogen-bond acceptors (Lipinski definition) is 3. The molecule has 1 aliphatic heterocycles. The summed E-state index contributed by atoms with van der Waals surface area (Å²) in [7, 11) is 0. The van der Waals surface area contributed by atoms with Crippen LogP contribution in [0.2, 0.25) is 0 Å². The van der Waals surface area contributed by atoms with Crippen molar-refractivity contribution in [2.24, 2.45) is 0 Å². The van der Waals surface area contributed by atoms with E-state index in [1.807, 2.05) is 24.3 Å². The van der Waals surface area contributed by atoms with E-state index in [1.54, 1.807) is 0 Å². The highest BCUT2D eigenvalue weighted by Crippen LogP contribution is 2.23. The molecule has 0 aromatic heterocycles. The van der Waals surface area contributed by atoms with Gasteiger partial charge in [-0.25, -0.2) is 0 Å². The second kappa shape index (κ2) is 7.12. The number of nitrogens with one attached hydrogen (secondary N) is 1. The minimum absolute atomic E-state index is 0.641. The molecule has 18 heavy (non-hydrogen) atoms. The molecule has 0 saturated carbocycles. The lowest BCUT2D eigenvalue weighted by Crippen LogP contribution is -2.50. The van der Waals surface area contributed by atoms with Crippen molar-refractivity contribution in [3.63, 3.8) is 0 Å². The van der Waals surface area contributed by atoms with Crippen LogP contribution < -0.4 is 10.1 Å². The maximum absolute atomic E-state index is 5.77. The summed E-state index contributed by atoms with van der Waals surface area (Å²) in [6, 6.07) is 8.64. The zero-order valence-electron chi connectivity index (χ0n) is 10.9. The lowest BCUT2D eigenvalue weighted by Gasteiger charge is -2.33. The van der Waals surface area contributed by atoms with E-state index in [9.17, 15) is 0 Å². The number of para-hydroxylation sites is 1. The molecule has 1 unspecified atom stereocenters. The van der Waals surface area contributed by atoms with E-state index >= 15 is 0 Å². The van der Waals surface area contributed by atoms with Gasteiger partial charge in [-0.2, -0.15) is 0 Å². The molecule has 1 atom stereocenters. The average Bonchev–Trinajstić information content (AvgIpc) is 2.38. The smallest absolute Gasteiger partial charge is 0.133 e. The fourth-order valence-corrected chi connectivity index (χ4v) is 2.63. The monoisotopic (exact) mass is 312 g/mol. The van der Waals surface area contributed by atoms with Crippen molar-refractivity contribution in [1.29, 1.82) is 0 Å². The topological polar surface area (TPSA) is 24.5 Å². The molecule has 0 aliphatic carbocycles. The van der Waals surface area contributed by atoms with Gasteiger partial charge in [-0.1, -0.05) is 12.1 Å². The Morgan fingerprint density at radius 1 is 1.44 bits per heavy atom. The standard InChI is InChI=1S/C14H21BrN2O/c1-12-11-16-7-9-17(12)8-4-10-18-14-6-3-2-5-13(14)15/h2-3,5-6,12,16H,4,7-11H2,1H3. The van der Waals surface area contributed by atoms with Crippen molar-refractivity contribution in [3.05, 3.63) is 28.7 Å². The normalized spacial score (nSPS) is 20.9. The molecule has 4 heteroatoms. The van der Waals surface area contributed by atoms with E-state index in [1.165, 1.54) is 0 Å². The largest absolute Gasteiger partial charge is 0.492 e. The van der Waals surface area contributed by atoms with Crippen LogP contribution in [0.15, 0.2) is 28.7 Å². The summed E-state index contributed by atoms with van der Waals surface area (Å²) >= 11 is 3.49. The number of halogens is 1. The van der Waals surface area contributed by atoms with E-state index in [0.717, 1.165) is 49.4 Å². The van der Waals surface area contributed by atoms with E-state index in [4.69, 9.17) is 4.74 Å². The molecule has 1 aromatic rings. The fourth-order valence-electron chi connectivity index (χ4n) is 2.23. The molecule has 0 spiro atoms. The SMILES string of the molecule is CC1CNCCN1CCCOc1ccccc1Br. The Hall–Kier alpha value is -0.580. The Bertz CT molecular complexity index is 373. The van der Waals surface area contributed by atoms with Gasteiger partial charge < -0.3 is 10.1 Å². The number of rotatable bonds is 5. The highest BCUT2D eigenvalue weighted by molar-refractivity contribution is 9.10. The van der Waals surface area contributed by atoms with Crippen LogP contribution >= 0.6 is 15.9 Å². The third kappa shape index (κ3) is 3.97. The first-order valence-corrected chi connectivity index (χ1v) is 7.39. The Labute approximate surface area is 118 Å². The maximum Gasteiger partial charge on any atom is 0.133 e. The maximum atomic E-state index is 5.77. The summed E-state index contributed by atoms with van der Waals surface area (Å²) in [5.74, 6) is 0.936. The van der Waals surface area contributed by atoms with Gasteiger partial charge in [0.2, 0.25) is 0 Å². The number of benzene rings is 1. The Kier molecular flexibility index (Phi) is 5.47. The van der Waals surface area contributed by atoms with E-state index in [-0.39, 0.29) is 0 Å². The molecular weight excluding hydrogens is 292 g/mol. The zero-order chi connectivity index (χ0) is 12.8. The van der Waals surface area contributed by atoms with Crippen molar-refractivity contribution >= 4 is 15.9 Å². The van der Waals surface area contributed by atoms with Gasteiger partial charge in [0, 0.05) is 32.2 Å². The second-order valence-corrected chi connectivity index (χ2v) is 5.58. The Morgan fingerprint density at radius 2 is 2.28 bits per heavy atom. The van der Waals surface area contributed by atoms with Gasteiger partial charge in [-0.15, -0.1) is 0 Å². The quantitative estimate of drug-likeness (QED) is 0.846. The van der Waals surface area contributed by atoms with Crippen LogP contribution in [-0.4, -0.2) is 43.7 Å². The molecule has 1 heterocycles. The summed E-state index contributed by atoms with van der Waals surface area (Å²) in [6.07, 6.45) is 1.08. The molecular formula is C14H21BrN2O. The fraction of sp³-hybridized carbons (Fsp3) is 0.571. The van der Waals surface area contributed by atoms with Gasteiger partial charge in [0.25, 0.3) is 0 Å². The highest BCUT2D eigenvalue weighted by atomic mass is 79.9.